The van der Waals surface area contributed by atoms with Gasteiger partial charge in [0.15, 0.2) is 11.5 Å². The van der Waals surface area contributed by atoms with Crippen molar-refractivity contribution in [3.63, 3.8) is 0 Å². The van der Waals surface area contributed by atoms with E-state index in [0.717, 1.165) is 29.0 Å². The topological polar surface area (TPSA) is 38.7 Å². The fourth-order valence-electron chi connectivity index (χ4n) is 2.74. The number of fused-ring (bicyclic) bond motifs is 1. The molecule has 1 aliphatic heterocycles. The number of benzene rings is 2. The highest BCUT2D eigenvalue weighted by molar-refractivity contribution is 5.44. The summed E-state index contributed by atoms with van der Waals surface area (Å²) in [7, 11) is 0. The number of rotatable bonds is 4. The van der Waals surface area contributed by atoms with Crippen LogP contribution in [0.3, 0.4) is 0 Å². The zero-order valence-electron chi connectivity index (χ0n) is 12.2. The molecule has 1 aliphatic rings. The summed E-state index contributed by atoms with van der Waals surface area (Å²) < 4.78 is 11.2. The number of ether oxygens (including phenoxy) is 2. The molecule has 1 N–H and O–H groups in total. The molecule has 0 amide bonds. The largest absolute Gasteiger partial charge is 0.486 e. The summed E-state index contributed by atoms with van der Waals surface area (Å²) in [6.45, 7) is 3.38. The predicted octanol–water partition coefficient (Wildman–Crippen LogP) is 2.95. The maximum atomic E-state index is 9.88. The molecule has 3 rings (SSSR count). The Labute approximate surface area is 125 Å². The summed E-state index contributed by atoms with van der Waals surface area (Å²) in [4.78, 5) is 0. The van der Waals surface area contributed by atoms with E-state index in [-0.39, 0.29) is 12.0 Å². The van der Waals surface area contributed by atoms with Crippen LogP contribution in [0.1, 0.15) is 18.1 Å². The molecule has 0 saturated heterocycles. The van der Waals surface area contributed by atoms with E-state index in [1.165, 1.54) is 0 Å². The van der Waals surface area contributed by atoms with Crippen LogP contribution in [0.2, 0.25) is 0 Å². The molecule has 0 bridgehead atoms. The lowest BCUT2D eigenvalue weighted by molar-refractivity contribution is 0.171. The Morgan fingerprint density at radius 2 is 1.71 bits per heavy atom. The number of hydrogen-bond acceptors (Lipinski definition) is 3. The van der Waals surface area contributed by atoms with E-state index in [1.807, 2.05) is 36.4 Å². The summed E-state index contributed by atoms with van der Waals surface area (Å²) in [6, 6.07) is 16.1. The highest BCUT2D eigenvalue weighted by Gasteiger charge is 2.26. The molecule has 0 aromatic heterocycles. The molecule has 2 aromatic carbocycles. The first-order chi connectivity index (χ1) is 10.2. The van der Waals surface area contributed by atoms with Crippen molar-refractivity contribution < 1.29 is 14.6 Å². The van der Waals surface area contributed by atoms with E-state index in [9.17, 15) is 5.11 Å². The summed E-state index contributed by atoms with van der Waals surface area (Å²) in [5.41, 5.74) is 1.98. The van der Waals surface area contributed by atoms with Gasteiger partial charge in [0, 0.05) is 5.41 Å². The summed E-state index contributed by atoms with van der Waals surface area (Å²) in [5, 5.41) is 9.88. The van der Waals surface area contributed by atoms with Crippen LogP contribution in [0, 0.1) is 0 Å². The van der Waals surface area contributed by atoms with E-state index in [0.29, 0.717) is 13.2 Å². The Bertz CT molecular complexity index is 609. The SMILES string of the molecule is CC(CO)(Cc1ccc2c(c1)OCCO2)c1ccccc1. The molecule has 1 atom stereocenters. The van der Waals surface area contributed by atoms with Crippen LogP contribution in [-0.2, 0) is 11.8 Å². The van der Waals surface area contributed by atoms with E-state index >= 15 is 0 Å². The van der Waals surface area contributed by atoms with Crippen LogP contribution in [0.4, 0.5) is 0 Å². The Hall–Kier alpha value is -2.00. The van der Waals surface area contributed by atoms with Gasteiger partial charge in [-0.2, -0.15) is 0 Å². The fourth-order valence-corrected chi connectivity index (χ4v) is 2.74. The van der Waals surface area contributed by atoms with Crippen LogP contribution in [0.5, 0.6) is 11.5 Å². The zero-order chi connectivity index (χ0) is 14.7. The number of hydrogen-bond donors (Lipinski definition) is 1. The third-order valence-corrected chi connectivity index (χ3v) is 4.02. The summed E-state index contributed by atoms with van der Waals surface area (Å²) in [5.74, 6) is 1.60. The fraction of sp³-hybridized carbons (Fsp3) is 0.333. The second-order valence-electron chi connectivity index (χ2n) is 5.74. The van der Waals surface area contributed by atoms with Gasteiger partial charge in [-0.3, -0.25) is 0 Å². The lowest BCUT2D eigenvalue weighted by Crippen LogP contribution is -2.29. The van der Waals surface area contributed by atoms with E-state index in [2.05, 4.69) is 19.1 Å². The summed E-state index contributed by atoms with van der Waals surface area (Å²) >= 11 is 0. The molecule has 3 nitrogen and oxygen atoms in total. The van der Waals surface area contributed by atoms with Crippen molar-refractivity contribution in [2.24, 2.45) is 0 Å². The molecule has 0 aliphatic carbocycles. The Balaban J connectivity index is 1.87. The Morgan fingerprint density at radius 3 is 2.43 bits per heavy atom. The van der Waals surface area contributed by atoms with Gasteiger partial charge in [-0.05, 0) is 29.7 Å². The molecular formula is C18H20O3. The molecule has 110 valence electrons. The smallest absolute Gasteiger partial charge is 0.161 e. The minimum absolute atomic E-state index is 0.103. The van der Waals surface area contributed by atoms with E-state index in [1.54, 1.807) is 0 Å². The van der Waals surface area contributed by atoms with Crippen molar-refractivity contribution in [2.75, 3.05) is 19.8 Å². The molecule has 1 unspecified atom stereocenters. The number of aliphatic hydroxyl groups excluding tert-OH is 1. The molecule has 2 aromatic rings. The van der Waals surface area contributed by atoms with Crippen LogP contribution >= 0.6 is 0 Å². The van der Waals surface area contributed by atoms with Crippen LogP contribution < -0.4 is 9.47 Å². The molecule has 0 fully saturated rings. The van der Waals surface area contributed by atoms with Crippen molar-refractivity contribution in [2.45, 2.75) is 18.8 Å². The van der Waals surface area contributed by atoms with Gasteiger partial charge >= 0.3 is 0 Å². The maximum Gasteiger partial charge on any atom is 0.161 e. The van der Waals surface area contributed by atoms with Gasteiger partial charge in [0.05, 0.1) is 6.61 Å². The second-order valence-corrected chi connectivity index (χ2v) is 5.74. The Morgan fingerprint density at radius 1 is 1.00 bits per heavy atom. The van der Waals surface area contributed by atoms with Crippen LogP contribution in [0.15, 0.2) is 48.5 Å². The van der Waals surface area contributed by atoms with Gasteiger partial charge < -0.3 is 14.6 Å². The maximum absolute atomic E-state index is 9.88. The van der Waals surface area contributed by atoms with Gasteiger partial charge in [-0.1, -0.05) is 43.3 Å². The molecule has 0 saturated carbocycles. The zero-order valence-corrected chi connectivity index (χ0v) is 12.2. The standard InChI is InChI=1S/C18H20O3/c1-18(13-19,15-5-3-2-4-6-15)12-14-7-8-16-17(11-14)21-10-9-20-16/h2-8,11,19H,9-10,12-13H2,1H3. The molecular weight excluding hydrogens is 264 g/mol. The normalized spacial score (nSPS) is 16.3. The van der Waals surface area contributed by atoms with Gasteiger partial charge in [-0.15, -0.1) is 0 Å². The van der Waals surface area contributed by atoms with Gasteiger partial charge in [0.1, 0.15) is 13.2 Å². The molecule has 21 heavy (non-hydrogen) atoms. The van der Waals surface area contributed by atoms with Crippen LogP contribution in [0.25, 0.3) is 0 Å². The monoisotopic (exact) mass is 284 g/mol. The first-order valence-corrected chi connectivity index (χ1v) is 7.26. The van der Waals surface area contributed by atoms with Crippen molar-refractivity contribution >= 4 is 0 Å². The second kappa shape index (κ2) is 5.78. The van der Waals surface area contributed by atoms with Gasteiger partial charge in [0.2, 0.25) is 0 Å². The summed E-state index contributed by atoms with van der Waals surface area (Å²) in [6.07, 6.45) is 0.754. The van der Waals surface area contributed by atoms with Crippen LogP contribution in [-0.4, -0.2) is 24.9 Å². The average molecular weight is 284 g/mol. The lowest BCUT2D eigenvalue weighted by atomic mass is 9.78. The first-order valence-electron chi connectivity index (χ1n) is 7.26. The molecule has 0 radical (unpaired) electrons. The van der Waals surface area contributed by atoms with E-state index in [4.69, 9.17) is 9.47 Å². The van der Waals surface area contributed by atoms with Crippen molar-refractivity contribution in [1.82, 2.24) is 0 Å². The number of aliphatic hydroxyl groups is 1. The molecule has 3 heteroatoms. The van der Waals surface area contributed by atoms with Crippen molar-refractivity contribution in [3.05, 3.63) is 59.7 Å². The quantitative estimate of drug-likeness (QED) is 0.938. The third-order valence-electron chi connectivity index (χ3n) is 4.02. The average Bonchev–Trinajstić information content (AvgIpc) is 2.55. The minimum atomic E-state index is -0.301. The molecule has 1 heterocycles. The lowest BCUT2D eigenvalue weighted by Gasteiger charge is -2.29. The Kier molecular flexibility index (Phi) is 3.84. The minimum Gasteiger partial charge on any atom is -0.486 e. The predicted molar refractivity (Wildman–Crippen MR) is 82.0 cm³/mol. The van der Waals surface area contributed by atoms with Gasteiger partial charge in [-0.25, -0.2) is 0 Å². The molecule has 0 spiro atoms. The third kappa shape index (κ3) is 2.88. The van der Waals surface area contributed by atoms with Gasteiger partial charge in [0.25, 0.3) is 0 Å². The highest BCUT2D eigenvalue weighted by atomic mass is 16.6. The van der Waals surface area contributed by atoms with E-state index < -0.39 is 0 Å². The highest BCUT2D eigenvalue weighted by Crippen LogP contribution is 2.34. The van der Waals surface area contributed by atoms with Crippen molar-refractivity contribution in [1.29, 1.82) is 0 Å². The first kappa shape index (κ1) is 14.0. The van der Waals surface area contributed by atoms with Crippen molar-refractivity contribution in [3.8, 4) is 11.5 Å².